The van der Waals surface area contributed by atoms with E-state index >= 15 is 0 Å². The lowest BCUT2D eigenvalue weighted by molar-refractivity contribution is -0.122. The average Bonchev–Trinajstić information content (AvgIpc) is 3.18. The lowest BCUT2D eigenvalue weighted by Gasteiger charge is -2.15. The molecule has 1 aromatic heterocycles. The highest BCUT2D eigenvalue weighted by Gasteiger charge is 2.16. The molecule has 3 aromatic rings. The summed E-state index contributed by atoms with van der Waals surface area (Å²) in [5.74, 6) is 0.228. The molecule has 0 radical (unpaired) electrons. The van der Waals surface area contributed by atoms with Crippen LogP contribution in [0.15, 0.2) is 48.8 Å². The number of nitrogens with one attached hydrogen (secondary N) is 1. The number of amides is 1. The van der Waals surface area contributed by atoms with E-state index in [1.165, 1.54) is 11.0 Å². The third-order valence-corrected chi connectivity index (χ3v) is 3.74. The van der Waals surface area contributed by atoms with E-state index in [1.807, 2.05) is 19.1 Å². The van der Waals surface area contributed by atoms with Crippen molar-refractivity contribution in [3.8, 4) is 17.5 Å². The summed E-state index contributed by atoms with van der Waals surface area (Å²) in [7, 11) is 0. The van der Waals surface area contributed by atoms with Crippen LogP contribution < -0.4 is 10.1 Å². The largest absolute Gasteiger partial charge is 0.481 e. The number of hydrogen-bond donors (Lipinski definition) is 1. The number of carbonyl (C=O) groups is 1. The van der Waals surface area contributed by atoms with E-state index in [1.54, 1.807) is 43.3 Å². The summed E-state index contributed by atoms with van der Waals surface area (Å²) in [5, 5.41) is 22.7. The average molecular weight is 348 g/mol. The molecule has 1 heterocycles. The molecule has 1 unspecified atom stereocenters. The highest BCUT2D eigenvalue weighted by atomic mass is 16.5. The van der Waals surface area contributed by atoms with Crippen LogP contribution in [0.4, 0.5) is 5.69 Å². The van der Waals surface area contributed by atoms with Crippen molar-refractivity contribution in [2.24, 2.45) is 0 Å². The van der Waals surface area contributed by atoms with Crippen LogP contribution in [0.5, 0.6) is 5.75 Å². The predicted molar refractivity (Wildman–Crippen MR) is 93.8 cm³/mol. The summed E-state index contributed by atoms with van der Waals surface area (Å²) in [4.78, 5) is 12.4. The molecule has 0 fully saturated rings. The first-order chi connectivity index (χ1) is 12.6. The Balaban J connectivity index is 1.69. The van der Waals surface area contributed by atoms with Crippen LogP contribution >= 0.6 is 0 Å². The Kier molecular flexibility index (Phi) is 4.90. The Hall–Kier alpha value is -3.73. The molecule has 26 heavy (non-hydrogen) atoms. The minimum atomic E-state index is -0.708. The fourth-order valence-corrected chi connectivity index (χ4v) is 2.32. The van der Waals surface area contributed by atoms with Crippen molar-refractivity contribution in [2.45, 2.75) is 20.0 Å². The van der Waals surface area contributed by atoms with Crippen LogP contribution in [0.25, 0.3) is 5.69 Å². The van der Waals surface area contributed by atoms with Crippen molar-refractivity contribution in [3.63, 3.8) is 0 Å². The van der Waals surface area contributed by atoms with Gasteiger partial charge in [-0.05, 0) is 66.2 Å². The van der Waals surface area contributed by atoms with Gasteiger partial charge in [-0.3, -0.25) is 4.79 Å². The Morgan fingerprint density at radius 1 is 1.27 bits per heavy atom. The number of aromatic nitrogens is 4. The Morgan fingerprint density at radius 3 is 2.69 bits per heavy atom. The van der Waals surface area contributed by atoms with Crippen molar-refractivity contribution in [1.82, 2.24) is 20.2 Å². The summed E-state index contributed by atoms with van der Waals surface area (Å²) in [6.45, 7) is 3.59. The number of aryl methyl sites for hydroxylation is 1. The van der Waals surface area contributed by atoms with E-state index in [4.69, 9.17) is 10.00 Å². The standard InChI is InChI=1S/C18H16N6O2/c1-12-3-6-15(9-17(12)24-11-20-22-23-24)21-18(25)13(2)26-16-7-4-14(10-19)5-8-16/h3-9,11,13H,1-2H3,(H,21,25). The fraction of sp³-hybridized carbons (Fsp3) is 0.167. The summed E-state index contributed by atoms with van der Waals surface area (Å²) in [6, 6.07) is 14.1. The Morgan fingerprint density at radius 2 is 2.04 bits per heavy atom. The number of tetrazole rings is 1. The molecule has 3 rings (SSSR count). The SMILES string of the molecule is Cc1ccc(NC(=O)C(C)Oc2ccc(C#N)cc2)cc1-n1cnnn1. The third kappa shape index (κ3) is 3.84. The molecular formula is C18H16N6O2. The van der Waals surface area contributed by atoms with Gasteiger partial charge in [-0.15, -0.1) is 5.10 Å². The first-order valence-electron chi connectivity index (χ1n) is 7.88. The molecular weight excluding hydrogens is 332 g/mol. The summed E-state index contributed by atoms with van der Waals surface area (Å²) < 4.78 is 7.14. The number of carbonyl (C=O) groups excluding carboxylic acids is 1. The second-order valence-electron chi connectivity index (χ2n) is 5.64. The highest BCUT2D eigenvalue weighted by Crippen LogP contribution is 2.19. The molecule has 0 aliphatic rings. The summed E-state index contributed by atoms with van der Waals surface area (Å²) in [5.41, 5.74) is 2.89. The first-order valence-corrected chi connectivity index (χ1v) is 7.88. The summed E-state index contributed by atoms with van der Waals surface area (Å²) in [6.07, 6.45) is 0.783. The van der Waals surface area contributed by atoms with Crippen molar-refractivity contribution in [2.75, 3.05) is 5.32 Å². The maximum absolute atomic E-state index is 12.4. The van der Waals surface area contributed by atoms with Gasteiger partial charge in [0.1, 0.15) is 12.1 Å². The normalized spacial score (nSPS) is 11.4. The second kappa shape index (κ2) is 7.44. The van der Waals surface area contributed by atoms with Gasteiger partial charge >= 0.3 is 0 Å². The number of anilines is 1. The van der Waals surface area contributed by atoms with Gasteiger partial charge in [-0.1, -0.05) is 6.07 Å². The lowest BCUT2D eigenvalue weighted by Crippen LogP contribution is -2.30. The van der Waals surface area contributed by atoms with E-state index in [-0.39, 0.29) is 5.91 Å². The van der Waals surface area contributed by atoms with Crippen molar-refractivity contribution in [1.29, 1.82) is 5.26 Å². The molecule has 1 atom stereocenters. The predicted octanol–water partition coefficient (Wildman–Crippen LogP) is 2.25. The molecule has 8 heteroatoms. The molecule has 0 spiro atoms. The third-order valence-electron chi connectivity index (χ3n) is 3.74. The minimum Gasteiger partial charge on any atom is -0.481 e. The van der Waals surface area contributed by atoms with Crippen LogP contribution in [0, 0.1) is 18.3 Å². The molecule has 2 aromatic carbocycles. The van der Waals surface area contributed by atoms with Gasteiger partial charge in [0.15, 0.2) is 6.10 Å². The van der Waals surface area contributed by atoms with Gasteiger partial charge in [0.25, 0.3) is 5.91 Å². The molecule has 0 aliphatic heterocycles. The van der Waals surface area contributed by atoms with Crippen molar-refractivity contribution in [3.05, 3.63) is 59.9 Å². The van der Waals surface area contributed by atoms with Gasteiger partial charge in [0, 0.05) is 5.69 Å². The van der Waals surface area contributed by atoms with Gasteiger partial charge in [0.05, 0.1) is 17.3 Å². The molecule has 0 saturated heterocycles. The lowest BCUT2D eigenvalue weighted by atomic mass is 10.1. The number of nitrogens with zero attached hydrogens (tertiary/aromatic N) is 5. The van der Waals surface area contributed by atoms with E-state index in [0.717, 1.165) is 11.3 Å². The molecule has 0 aliphatic carbocycles. The second-order valence-corrected chi connectivity index (χ2v) is 5.64. The zero-order chi connectivity index (χ0) is 18.5. The van der Waals surface area contributed by atoms with Gasteiger partial charge < -0.3 is 10.1 Å². The number of rotatable bonds is 5. The Bertz CT molecular complexity index is 945. The van der Waals surface area contributed by atoms with Crippen molar-refractivity contribution < 1.29 is 9.53 Å². The first kappa shape index (κ1) is 17.1. The van der Waals surface area contributed by atoms with Crippen LogP contribution in [-0.2, 0) is 4.79 Å². The number of ether oxygens (including phenoxy) is 1. The van der Waals surface area contributed by atoms with E-state index in [0.29, 0.717) is 17.0 Å². The number of hydrogen-bond acceptors (Lipinski definition) is 6. The Labute approximate surface area is 150 Å². The van der Waals surface area contributed by atoms with Crippen molar-refractivity contribution >= 4 is 11.6 Å². The zero-order valence-electron chi connectivity index (χ0n) is 14.2. The number of nitriles is 1. The van der Waals surface area contributed by atoms with Gasteiger partial charge in [-0.25, -0.2) is 4.68 Å². The molecule has 1 N–H and O–H groups in total. The van der Waals surface area contributed by atoms with Crippen LogP contribution in [0.3, 0.4) is 0 Å². The highest BCUT2D eigenvalue weighted by molar-refractivity contribution is 5.94. The zero-order valence-corrected chi connectivity index (χ0v) is 14.2. The van der Waals surface area contributed by atoms with E-state index in [2.05, 4.69) is 20.8 Å². The smallest absolute Gasteiger partial charge is 0.265 e. The number of benzene rings is 2. The van der Waals surface area contributed by atoms with Gasteiger partial charge in [0.2, 0.25) is 0 Å². The molecule has 0 bridgehead atoms. The maximum Gasteiger partial charge on any atom is 0.265 e. The van der Waals surface area contributed by atoms with Crippen LogP contribution in [0.1, 0.15) is 18.1 Å². The van der Waals surface area contributed by atoms with Crippen LogP contribution in [-0.4, -0.2) is 32.2 Å². The fourth-order valence-electron chi connectivity index (χ4n) is 2.32. The van der Waals surface area contributed by atoms with Crippen LogP contribution in [0.2, 0.25) is 0 Å². The topological polar surface area (TPSA) is 106 Å². The monoisotopic (exact) mass is 348 g/mol. The molecule has 8 nitrogen and oxygen atoms in total. The molecule has 0 saturated carbocycles. The maximum atomic E-state index is 12.4. The molecule has 130 valence electrons. The van der Waals surface area contributed by atoms with E-state index < -0.39 is 6.10 Å². The minimum absolute atomic E-state index is 0.291. The van der Waals surface area contributed by atoms with E-state index in [9.17, 15) is 4.79 Å². The molecule has 1 amide bonds. The van der Waals surface area contributed by atoms with Gasteiger partial charge in [-0.2, -0.15) is 5.26 Å². The summed E-state index contributed by atoms with van der Waals surface area (Å²) >= 11 is 0. The quantitative estimate of drug-likeness (QED) is 0.758.